The Morgan fingerprint density at radius 3 is 2.64 bits per heavy atom. The molecule has 4 unspecified atom stereocenters. The molecule has 4 nitrogen and oxygen atoms in total. The van der Waals surface area contributed by atoms with E-state index in [2.05, 4.69) is 9.93 Å². The van der Waals surface area contributed by atoms with Crippen molar-refractivity contribution >= 4 is 15.7 Å². The molecule has 3 fully saturated rings. The van der Waals surface area contributed by atoms with E-state index < -0.39 is 10.0 Å². The van der Waals surface area contributed by atoms with Crippen molar-refractivity contribution in [3.05, 3.63) is 29.8 Å². The van der Waals surface area contributed by atoms with E-state index in [1.165, 1.54) is 25.7 Å². The minimum Gasteiger partial charge on any atom is -0.200 e. The molecule has 4 atom stereocenters. The highest BCUT2D eigenvalue weighted by molar-refractivity contribution is 7.89. The Bertz CT molecular complexity index is 709. The van der Waals surface area contributed by atoms with Gasteiger partial charge in [0, 0.05) is 11.6 Å². The first kappa shape index (κ1) is 14.2. The van der Waals surface area contributed by atoms with Gasteiger partial charge in [-0.05, 0) is 62.5 Å². The van der Waals surface area contributed by atoms with Crippen molar-refractivity contribution < 1.29 is 8.42 Å². The summed E-state index contributed by atoms with van der Waals surface area (Å²) < 4.78 is 24.6. The zero-order chi connectivity index (χ0) is 15.3. The number of hydrazone groups is 1. The third kappa shape index (κ3) is 2.26. The monoisotopic (exact) mass is 318 g/mol. The Balaban J connectivity index is 1.51. The lowest BCUT2D eigenvalue weighted by molar-refractivity contribution is 0.333. The number of rotatable bonds is 3. The summed E-state index contributed by atoms with van der Waals surface area (Å²) in [5.41, 5.74) is 2.13. The van der Waals surface area contributed by atoms with Crippen molar-refractivity contribution in [2.75, 3.05) is 0 Å². The Morgan fingerprint density at radius 1 is 1.14 bits per heavy atom. The van der Waals surface area contributed by atoms with Crippen LogP contribution in [0.3, 0.4) is 0 Å². The predicted molar refractivity (Wildman–Crippen MR) is 86.0 cm³/mol. The molecule has 3 aliphatic rings. The van der Waals surface area contributed by atoms with E-state index in [0.29, 0.717) is 5.92 Å². The van der Waals surface area contributed by atoms with Gasteiger partial charge in [-0.3, -0.25) is 0 Å². The Kier molecular flexibility index (Phi) is 3.29. The summed E-state index contributed by atoms with van der Waals surface area (Å²) in [7, 11) is -3.54. The fourth-order valence-electron chi connectivity index (χ4n) is 4.83. The summed E-state index contributed by atoms with van der Waals surface area (Å²) in [6.07, 6.45) is 6.22. The van der Waals surface area contributed by atoms with Gasteiger partial charge < -0.3 is 0 Å². The van der Waals surface area contributed by atoms with Crippen LogP contribution < -0.4 is 4.83 Å². The molecule has 1 aromatic rings. The van der Waals surface area contributed by atoms with Crippen LogP contribution >= 0.6 is 0 Å². The fourth-order valence-corrected chi connectivity index (χ4v) is 5.67. The lowest BCUT2D eigenvalue weighted by Gasteiger charge is -2.25. The van der Waals surface area contributed by atoms with E-state index >= 15 is 0 Å². The molecule has 0 aromatic heterocycles. The smallest absolute Gasteiger partial charge is 0.200 e. The minimum atomic E-state index is -3.54. The van der Waals surface area contributed by atoms with Crippen LogP contribution in [0, 0.1) is 30.6 Å². The van der Waals surface area contributed by atoms with Crippen LogP contribution in [0.2, 0.25) is 0 Å². The molecule has 0 saturated heterocycles. The first-order valence-corrected chi connectivity index (χ1v) is 9.68. The van der Waals surface area contributed by atoms with Crippen LogP contribution in [0.1, 0.15) is 37.7 Å². The van der Waals surface area contributed by atoms with Crippen molar-refractivity contribution in [1.29, 1.82) is 0 Å². The van der Waals surface area contributed by atoms with Crippen LogP contribution in [0.15, 0.2) is 34.3 Å². The zero-order valence-corrected chi connectivity index (χ0v) is 13.6. The molecule has 1 N–H and O–H groups in total. The van der Waals surface area contributed by atoms with E-state index in [0.717, 1.165) is 35.4 Å². The summed E-state index contributed by atoms with van der Waals surface area (Å²) in [6, 6.07) is 6.88. The summed E-state index contributed by atoms with van der Waals surface area (Å²) in [5.74, 6) is 2.93. The molecule has 3 aliphatic carbocycles. The number of benzene rings is 1. The van der Waals surface area contributed by atoms with Gasteiger partial charge in [0.25, 0.3) is 10.0 Å². The molecule has 4 rings (SSSR count). The van der Waals surface area contributed by atoms with Crippen LogP contribution in [-0.2, 0) is 10.0 Å². The summed E-state index contributed by atoms with van der Waals surface area (Å²) in [5, 5.41) is 4.32. The molecule has 5 heteroatoms. The number of hydrogen-bond donors (Lipinski definition) is 1. The lowest BCUT2D eigenvalue weighted by atomic mass is 9.81. The molecule has 1 aromatic carbocycles. The maximum atomic E-state index is 12.3. The van der Waals surface area contributed by atoms with Crippen molar-refractivity contribution in [1.82, 2.24) is 4.83 Å². The van der Waals surface area contributed by atoms with Gasteiger partial charge in [-0.2, -0.15) is 13.5 Å². The summed E-state index contributed by atoms with van der Waals surface area (Å²) >= 11 is 0. The number of nitrogens with one attached hydrogen (secondary N) is 1. The van der Waals surface area contributed by atoms with E-state index in [4.69, 9.17) is 0 Å². The second-order valence-electron chi connectivity index (χ2n) is 7.08. The van der Waals surface area contributed by atoms with E-state index in [-0.39, 0.29) is 4.90 Å². The van der Waals surface area contributed by atoms with Crippen LogP contribution in [0.5, 0.6) is 0 Å². The van der Waals surface area contributed by atoms with Crippen molar-refractivity contribution in [2.24, 2.45) is 28.8 Å². The molecular formula is C17H22N2O2S. The van der Waals surface area contributed by atoms with Crippen LogP contribution in [0.4, 0.5) is 0 Å². The van der Waals surface area contributed by atoms with Gasteiger partial charge in [-0.1, -0.05) is 24.1 Å². The van der Waals surface area contributed by atoms with Gasteiger partial charge in [0.15, 0.2) is 0 Å². The highest BCUT2D eigenvalue weighted by atomic mass is 32.2. The van der Waals surface area contributed by atoms with Crippen molar-refractivity contribution in [3.63, 3.8) is 0 Å². The SMILES string of the molecule is Cc1ccc(S(=O)(=O)N/N=C2\CC3CC2C2CCCC32)cc1. The number of sulfonamides is 1. The number of fused-ring (bicyclic) bond motifs is 5. The quantitative estimate of drug-likeness (QED) is 0.871. The van der Waals surface area contributed by atoms with Gasteiger partial charge in [0.1, 0.15) is 0 Å². The van der Waals surface area contributed by atoms with Gasteiger partial charge in [0.05, 0.1) is 4.90 Å². The second-order valence-corrected chi connectivity index (χ2v) is 8.74. The number of hydrogen-bond acceptors (Lipinski definition) is 3. The van der Waals surface area contributed by atoms with E-state index in [1.807, 2.05) is 19.1 Å². The van der Waals surface area contributed by atoms with Gasteiger partial charge in [0.2, 0.25) is 0 Å². The standard InChI is InChI=1S/C17H22N2O2S/c1-11-5-7-13(8-6-11)22(20,21)19-18-17-10-12-9-16(17)15-4-2-3-14(12)15/h5-8,12,14-16,19H,2-4,9-10H2,1H3/b18-17+. The third-order valence-corrected chi connectivity index (χ3v) is 7.07. The van der Waals surface area contributed by atoms with Crippen molar-refractivity contribution in [3.8, 4) is 0 Å². The van der Waals surface area contributed by atoms with Crippen LogP contribution in [0.25, 0.3) is 0 Å². The maximum Gasteiger partial charge on any atom is 0.276 e. The first-order chi connectivity index (χ1) is 10.5. The van der Waals surface area contributed by atoms with Gasteiger partial charge in [-0.15, -0.1) is 0 Å². The highest BCUT2D eigenvalue weighted by Crippen LogP contribution is 2.57. The Hall–Kier alpha value is -1.36. The van der Waals surface area contributed by atoms with E-state index in [9.17, 15) is 8.42 Å². The number of aryl methyl sites for hydroxylation is 1. The second kappa shape index (κ2) is 5.08. The highest BCUT2D eigenvalue weighted by Gasteiger charge is 2.52. The Morgan fingerprint density at radius 2 is 1.86 bits per heavy atom. The van der Waals surface area contributed by atoms with Gasteiger partial charge >= 0.3 is 0 Å². The van der Waals surface area contributed by atoms with Gasteiger partial charge in [-0.25, -0.2) is 4.83 Å². The molecule has 0 aliphatic heterocycles. The van der Waals surface area contributed by atoms with E-state index in [1.54, 1.807) is 12.1 Å². The lowest BCUT2D eigenvalue weighted by Crippen LogP contribution is -2.28. The third-order valence-electron chi connectivity index (χ3n) is 5.84. The average molecular weight is 318 g/mol. The summed E-state index contributed by atoms with van der Waals surface area (Å²) in [6.45, 7) is 1.94. The normalized spacial score (nSPS) is 35.0. The average Bonchev–Trinajstić information content (AvgIpc) is 3.18. The minimum absolute atomic E-state index is 0.282. The maximum absolute atomic E-state index is 12.3. The molecule has 118 valence electrons. The molecular weight excluding hydrogens is 296 g/mol. The fraction of sp³-hybridized carbons (Fsp3) is 0.588. The van der Waals surface area contributed by atoms with Crippen LogP contribution in [-0.4, -0.2) is 14.1 Å². The first-order valence-electron chi connectivity index (χ1n) is 8.19. The molecule has 3 saturated carbocycles. The molecule has 2 bridgehead atoms. The van der Waals surface area contributed by atoms with Crippen molar-refractivity contribution in [2.45, 2.75) is 43.9 Å². The molecule has 0 amide bonds. The topological polar surface area (TPSA) is 58.5 Å². The molecule has 0 heterocycles. The Labute approximate surface area is 132 Å². The molecule has 0 spiro atoms. The molecule has 0 radical (unpaired) electrons. The molecule has 22 heavy (non-hydrogen) atoms. The summed E-state index contributed by atoms with van der Waals surface area (Å²) in [4.78, 5) is 2.74. The number of nitrogens with zero attached hydrogens (tertiary/aromatic N) is 1. The zero-order valence-electron chi connectivity index (χ0n) is 12.8. The largest absolute Gasteiger partial charge is 0.276 e. The predicted octanol–water partition coefficient (Wildman–Crippen LogP) is 3.09.